The molecule has 3 nitrogen and oxygen atoms in total. The van der Waals surface area contributed by atoms with Crippen LogP contribution < -0.4 is 9.47 Å². The van der Waals surface area contributed by atoms with Gasteiger partial charge in [0, 0.05) is 18.6 Å². The highest BCUT2D eigenvalue weighted by Gasteiger charge is 2.14. The van der Waals surface area contributed by atoms with Gasteiger partial charge in [-0.15, -0.1) is 0 Å². The van der Waals surface area contributed by atoms with Gasteiger partial charge in [0.15, 0.2) is 0 Å². The SMILES string of the molecule is [CH2]C(CO)c1cc(OC(F)F)cc(OC(F)F)c1. The van der Waals surface area contributed by atoms with Crippen LogP contribution in [0.15, 0.2) is 18.2 Å². The van der Waals surface area contributed by atoms with Crippen molar-refractivity contribution in [3.05, 3.63) is 30.7 Å². The van der Waals surface area contributed by atoms with Crippen LogP contribution in [0.3, 0.4) is 0 Å². The van der Waals surface area contributed by atoms with Crippen LogP contribution in [0.25, 0.3) is 0 Å². The Morgan fingerprint density at radius 2 is 1.44 bits per heavy atom. The van der Waals surface area contributed by atoms with Crippen LogP contribution in [0.5, 0.6) is 11.5 Å². The van der Waals surface area contributed by atoms with Gasteiger partial charge in [-0.25, -0.2) is 0 Å². The van der Waals surface area contributed by atoms with Gasteiger partial charge in [-0.1, -0.05) is 0 Å². The van der Waals surface area contributed by atoms with Gasteiger partial charge in [0.05, 0.1) is 0 Å². The molecule has 1 atom stereocenters. The summed E-state index contributed by atoms with van der Waals surface area (Å²) in [6.07, 6.45) is 0. The van der Waals surface area contributed by atoms with E-state index < -0.39 is 19.1 Å². The molecule has 1 N–H and O–H groups in total. The normalized spacial score (nSPS) is 12.9. The lowest BCUT2D eigenvalue weighted by Gasteiger charge is -2.14. The Bertz CT molecular complexity index is 356. The Labute approximate surface area is 101 Å². The van der Waals surface area contributed by atoms with Crippen LogP contribution in [-0.2, 0) is 0 Å². The second kappa shape index (κ2) is 6.44. The summed E-state index contributed by atoms with van der Waals surface area (Å²) >= 11 is 0. The first kappa shape index (κ1) is 14.6. The van der Waals surface area contributed by atoms with E-state index in [2.05, 4.69) is 16.4 Å². The summed E-state index contributed by atoms with van der Waals surface area (Å²) in [4.78, 5) is 0. The fourth-order valence-electron chi connectivity index (χ4n) is 1.28. The van der Waals surface area contributed by atoms with E-state index >= 15 is 0 Å². The lowest BCUT2D eigenvalue weighted by molar-refractivity contribution is -0.0543. The van der Waals surface area contributed by atoms with Crippen molar-refractivity contribution in [2.75, 3.05) is 6.61 Å². The van der Waals surface area contributed by atoms with Gasteiger partial charge in [-0.2, -0.15) is 17.6 Å². The molecule has 1 aromatic carbocycles. The summed E-state index contributed by atoms with van der Waals surface area (Å²) in [5, 5.41) is 8.89. The molecule has 0 saturated carbocycles. The van der Waals surface area contributed by atoms with Gasteiger partial charge in [-0.3, -0.25) is 0 Å². The number of aliphatic hydroxyl groups is 1. The number of rotatable bonds is 6. The van der Waals surface area contributed by atoms with Crippen molar-refractivity contribution < 1.29 is 32.1 Å². The highest BCUT2D eigenvalue weighted by molar-refractivity contribution is 5.40. The maximum atomic E-state index is 12.1. The van der Waals surface area contributed by atoms with Crippen molar-refractivity contribution in [1.29, 1.82) is 0 Å². The second-order valence-electron chi connectivity index (χ2n) is 3.37. The lowest BCUT2D eigenvalue weighted by Crippen LogP contribution is -2.07. The van der Waals surface area contributed by atoms with Gasteiger partial charge in [0.2, 0.25) is 0 Å². The number of alkyl halides is 4. The number of aliphatic hydroxyl groups excluding tert-OH is 1. The maximum absolute atomic E-state index is 12.1. The van der Waals surface area contributed by atoms with E-state index in [1.807, 2.05) is 0 Å². The summed E-state index contributed by atoms with van der Waals surface area (Å²) in [5.74, 6) is -1.33. The zero-order valence-corrected chi connectivity index (χ0v) is 9.15. The molecule has 101 valence electrons. The Hall–Kier alpha value is -1.50. The number of hydrogen-bond donors (Lipinski definition) is 1. The molecule has 0 fully saturated rings. The molecule has 0 saturated heterocycles. The molecular weight excluding hydrogens is 256 g/mol. The molecule has 0 spiro atoms. The van der Waals surface area contributed by atoms with Crippen LogP contribution in [-0.4, -0.2) is 24.9 Å². The Morgan fingerprint density at radius 3 is 1.78 bits per heavy atom. The number of ether oxygens (including phenoxy) is 2. The first-order chi connectivity index (χ1) is 8.42. The van der Waals surface area contributed by atoms with Crippen LogP contribution >= 0.6 is 0 Å². The molecule has 1 rings (SSSR count). The number of halogens is 4. The molecule has 0 aliphatic heterocycles. The van der Waals surface area contributed by atoms with Gasteiger partial charge in [-0.05, 0) is 24.6 Å². The largest absolute Gasteiger partial charge is 0.435 e. The molecule has 1 aromatic rings. The Balaban J connectivity index is 3.03. The van der Waals surface area contributed by atoms with Crippen LogP contribution in [0.1, 0.15) is 11.5 Å². The van der Waals surface area contributed by atoms with Gasteiger partial charge in [0.25, 0.3) is 0 Å². The molecule has 0 bridgehead atoms. The van der Waals surface area contributed by atoms with Gasteiger partial charge >= 0.3 is 13.2 Å². The van der Waals surface area contributed by atoms with E-state index in [0.29, 0.717) is 0 Å². The van der Waals surface area contributed by atoms with Crippen molar-refractivity contribution in [2.45, 2.75) is 19.1 Å². The minimum absolute atomic E-state index is 0.256. The van der Waals surface area contributed by atoms with Crippen molar-refractivity contribution in [3.63, 3.8) is 0 Å². The average Bonchev–Trinajstić information content (AvgIpc) is 2.25. The monoisotopic (exact) mass is 267 g/mol. The van der Waals surface area contributed by atoms with E-state index in [-0.39, 0.29) is 23.7 Å². The van der Waals surface area contributed by atoms with Crippen molar-refractivity contribution in [3.8, 4) is 11.5 Å². The quantitative estimate of drug-likeness (QED) is 0.805. The fraction of sp³-hybridized carbons (Fsp3) is 0.364. The first-order valence-corrected chi connectivity index (χ1v) is 4.91. The van der Waals surface area contributed by atoms with Crippen LogP contribution in [0.4, 0.5) is 17.6 Å². The molecule has 1 unspecified atom stereocenters. The van der Waals surface area contributed by atoms with Crippen LogP contribution in [0.2, 0.25) is 0 Å². The molecule has 0 heterocycles. The van der Waals surface area contributed by atoms with Crippen molar-refractivity contribution in [1.82, 2.24) is 0 Å². The topological polar surface area (TPSA) is 38.7 Å². The maximum Gasteiger partial charge on any atom is 0.387 e. The van der Waals surface area contributed by atoms with Gasteiger partial charge in [0.1, 0.15) is 11.5 Å². The van der Waals surface area contributed by atoms with Crippen LogP contribution in [0, 0.1) is 6.92 Å². The summed E-state index contributed by atoms with van der Waals surface area (Å²) < 4.78 is 56.4. The smallest absolute Gasteiger partial charge is 0.387 e. The van der Waals surface area contributed by atoms with E-state index in [1.165, 1.54) is 12.1 Å². The second-order valence-corrected chi connectivity index (χ2v) is 3.37. The number of benzene rings is 1. The summed E-state index contributed by atoms with van der Waals surface area (Å²) in [5.41, 5.74) is 0.256. The Kier molecular flexibility index (Phi) is 5.21. The molecule has 0 aromatic heterocycles. The zero-order valence-electron chi connectivity index (χ0n) is 9.15. The molecule has 0 aliphatic carbocycles. The third-order valence-electron chi connectivity index (χ3n) is 2.04. The predicted molar refractivity (Wildman–Crippen MR) is 54.9 cm³/mol. The van der Waals surface area contributed by atoms with E-state index in [9.17, 15) is 17.6 Å². The highest BCUT2D eigenvalue weighted by atomic mass is 19.3. The Morgan fingerprint density at radius 1 is 1.00 bits per heavy atom. The zero-order chi connectivity index (χ0) is 13.7. The van der Waals surface area contributed by atoms with Crippen molar-refractivity contribution in [2.24, 2.45) is 0 Å². The summed E-state index contributed by atoms with van der Waals surface area (Å²) in [6, 6.07) is 3.27. The van der Waals surface area contributed by atoms with Crippen molar-refractivity contribution >= 4 is 0 Å². The predicted octanol–water partition coefficient (Wildman–Crippen LogP) is 2.80. The average molecular weight is 267 g/mol. The minimum Gasteiger partial charge on any atom is -0.435 e. The van der Waals surface area contributed by atoms with Gasteiger partial charge < -0.3 is 14.6 Å². The molecular formula is C11H11F4O3. The number of hydrogen-bond acceptors (Lipinski definition) is 3. The molecule has 1 radical (unpaired) electrons. The summed E-state index contributed by atoms with van der Waals surface area (Å²) in [7, 11) is 0. The van der Waals surface area contributed by atoms with E-state index in [4.69, 9.17) is 5.11 Å². The lowest BCUT2D eigenvalue weighted by atomic mass is 10.0. The minimum atomic E-state index is -3.09. The van der Waals surface area contributed by atoms with E-state index in [0.717, 1.165) is 6.07 Å². The molecule has 18 heavy (non-hydrogen) atoms. The highest BCUT2D eigenvalue weighted by Crippen LogP contribution is 2.29. The molecule has 0 amide bonds. The summed E-state index contributed by atoms with van der Waals surface area (Å²) in [6.45, 7) is -3.01. The standard InChI is InChI=1S/C11H11F4O3/c1-6(5-16)7-2-8(17-10(12)13)4-9(3-7)18-11(14)15/h2-4,6,10-11,16H,1,5H2. The third kappa shape index (κ3) is 4.40. The molecule has 7 heteroatoms. The third-order valence-corrected chi connectivity index (χ3v) is 2.04. The fourth-order valence-corrected chi connectivity index (χ4v) is 1.28. The first-order valence-electron chi connectivity index (χ1n) is 4.91. The van der Waals surface area contributed by atoms with E-state index in [1.54, 1.807) is 0 Å². The molecule has 0 aliphatic rings.